The first-order valence-electron chi connectivity index (χ1n) is 10.7. The van der Waals surface area contributed by atoms with Gasteiger partial charge in [0.15, 0.2) is 5.78 Å². The van der Waals surface area contributed by atoms with Crippen molar-refractivity contribution in [1.29, 1.82) is 0 Å². The Kier molecular flexibility index (Phi) is 4.23. The standard InChI is InChI=1S/C24H30N2O/c1-2-24(10-4-11-24)17-25-12-5-13-26(15-14-25)21-9-8-18-16-22(27)20-7-3-6-19(21)23(18)20/h3,6-9H,2,4-5,10-17H2,1H3. The van der Waals surface area contributed by atoms with Gasteiger partial charge in [-0.05, 0) is 54.7 Å². The molecule has 1 saturated heterocycles. The number of carbonyl (C=O) groups excluding carboxylic acids is 1. The van der Waals surface area contributed by atoms with Crippen molar-refractivity contribution in [2.75, 3.05) is 37.6 Å². The summed E-state index contributed by atoms with van der Waals surface area (Å²) in [6, 6.07) is 10.7. The van der Waals surface area contributed by atoms with Crippen LogP contribution < -0.4 is 4.90 Å². The molecule has 1 saturated carbocycles. The van der Waals surface area contributed by atoms with E-state index in [9.17, 15) is 4.79 Å². The van der Waals surface area contributed by atoms with Gasteiger partial charge >= 0.3 is 0 Å². The number of carbonyl (C=O) groups is 1. The third kappa shape index (κ3) is 2.87. The maximum absolute atomic E-state index is 12.3. The predicted octanol–water partition coefficient (Wildman–Crippen LogP) is 4.67. The SMILES string of the molecule is CCC1(CN2CCCN(c3ccc4c5c(cccc35)C(=O)C4)CC2)CCC1. The Labute approximate surface area is 162 Å². The lowest BCUT2D eigenvalue weighted by atomic mass is 9.66. The van der Waals surface area contributed by atoms with E-state index >= 15 is 0 Å². The number of Topliss-reactive ketones (excluding diaryl/α,β-unsaturated/α-hetero) is 1. The van der Waals surface area contributed by atoms with Crippen LogP contribution in [-0.4, -0.2) is 43.4 Å². The molecule has 5 rings (SSSR count). The Balaban J connectivity index is 1.39. The van der Waals surface area contributed by atoms with Gasteiger partial charge in [-0.3, -0.25) is 4.79 Å². The van der Waals surface area contributed by atoms with Crippen LogP contribution in [0.2, 0.25) is 0 Å². The quantitative estimate of drug-likeness (QED) is 0.789. The molecular weight excluding hydrogens is 332 g/mol. The molecule has 3 heteroatoms. The Hall–Kier alpha value is -1.87. The Morgan fingerprint density at radius 2 is 1.89 bits per heavy atom. The molecule has 1 heterocycles. The Bertz CT molecular complexity index is 878. The fourth-order valence-corrected chi connectivity index (χ4v) is 5.53. The van der Waals surface area contributed by atoms with Crippen LogP contribution in [0.15, 0.2) is 30.3 Å². The van der Waals surface area contributed by atoms with Crippen LogP contribution in [0.3, 0.4) is 0 Å². The van der Waals surface area contributed by atoms with Crippen molar-refractivity contribution < 1.29 is 4.79 Å². The average Bonchev–Trinajstić information content (AvgIpc) is 2.84. The molecule has 2 aromatic carbocycles. The normalized spacial score (nSPS) is 22.1. The molecule has 3 aliphatic rings. The monoisotopic (exact) mass is 362 g/mol. The van der Waals surface area contributed by atoms with Gasteiger partial charge in [0.1, 0.15) is 0 Å². The van der Waals surface area contributed by atoms with Gasteiger partial charge in [0.05, 0.1) is 0 Å². The summed E-state index contributed by atoms with van der Waals surface area (Å²) in [5.41, 5.74) is 4.06. The minimum atomic E-state index is 0.278. The van der Waals surface area contributed by atoms with E-state index in [0.717, 1.165) is 25.2 Å². The van der Waals surface area contributed by atoms with Gasteiger partial charge in [-0.1, -0.05) is 37.6 Å². The van der Waals surface area contributed by atoms with E-state index < -0.39 is 0 Å². The summed E-state index contributed by atoms with van der Waals surface area (Å²) in [4.78, 5) is 17.6. The molecule has 0 radical (unpaired) electrons. The van der Waals surface area contributed by atoms with E-state index in [1.165, 1.54) is 67.2 Å². The molecule has 2 aromatic rings. The van der Waals surface area contributed by atoms with Crippen LogP contribution >= 0.6 is 0 Å². The summed E-state index contributed by atoms with van der Waals surface area (Å²) in [6.45, 7) is 8.24. The molecule has 0 N–H and O–H groups in total. The van der Waals surface area contributed by atoms with E-state index in [4.69, 9.17) is 0 Å². The summed E-state index contributed by atoms with van der Waals surface area (Å²) in [5.74, 6) is 0.278. The van der Waals surface area contributed by atoms with E-state index in [1.807, 2.05) is 6.07 Å². The van der Waals surface area contributed by atoms with E-state index in [2.05, 4.69) is 41.0 Å². The molecule has 0 amide bonds. The average molecular weight is 363 g/mol. The van der Waals surface area contributed by atoms with Crippen LogP contribution in [0.5, 0.6) is 0 Å². The van der Waals surface area contributed by atoms with Crippen LogP contribution in [0.1, 0.15) is 54.9 Å². The third-order valence-corrected chi connectivity index (χ3v) is 7.41. The highest BCUT2D eigenvalue weighted by Crippen LogP contribution is 2.44. The zero-order chi connectivity index (χ0) is 18.4. The second-order valence-corrected chi connectivity index (χ2v) is 8.90. The summed E-state index contributed by atoms with van der Waals surface area (Å²) in [7, 11) is 0. The van der Waals surface area contributed by atoms with Crippen molar-refractivity contribution >= 4 is 22.2 Å². The third-order valence-electron chi connectivity index (χ3n) is 7.41. The molecule has 0 unspecified atom stereocenters. The molecule has 0 atom stereocenters. The molecule has 2 aliphatic carbocycles. The summed E-state index contributed by atoms with van der Waals surface area (Å²) < 4.78 is 0. The first-order chi connectivity index (χ1) is 13.2. The maximum atomic E-state index is 12.3. The highest BCUT2D eigenvalue weighted by molar-refractivity contribution is 6.17. The number of ketones is 1. The highest BCUT2D eigenvalue weighted by Gasteiger charge is 2.37. The molecule has 0 spiro atoms. The van der Waals surface area contributed by atoms with E-state index in [0.29, 0.717) is 11.8 Å². The Morgan fingerprint density at radius 1 is 1.00 bits per heavy atom. The zero-order valence-electron chi connectivity index (χ0n) is 16.5. The van der Waals surface area contributed by atoms with Gasteiger partial charge in [-0.2, -0.15) is 0 Å². The van der Waals surface area contributed by atoms with Crippen LogP contribution in [-0.2, 0) is 6.42 Å². The van der Waals surface area contributed by atoms with Crippen molar-refractivity contribution in [3.8, 4) is 0 Å². The molecule has 0 bridgehead atoms. The van der Waals surface area contributed by atoms with Gasteiger partial charge < -0.3 is 9.80 Å². The summed E-state index contributed by atoms with van der Waals surface area (Å²) >= 11 is 0. The number of nitrogens with zero attached hydrogens (tertiary/aromatic N) is 2. The van der Waals surface area contributed by atoms with Crippen molar-refractivity contribution in [2.45, 2.75) is 45.4 Å². The molecule has 3 nitrogen and oxygen atoms in total. The van der Waals surface area contributed by atoms with Gasteiger partial charge in [0.2, 0.25) is 0 Å². The van der Waals surface area contributed by atoms with Crippen LogP contribution in [0.25, 0.3) is 10.8 Å². The van der Waals surface area contributed by atoms with Crippen molar-refractivity contribution in [2.24, 2.45) is 5.41 Å². The second-order valence-electron chi connectivity index (χ2n) is 8.90. The number of hydrogen-bond acceptors (Lipinski definition) is 3. The van der Waals surface area contributed by atoms with E-state index in [1.54, 1.807) is 0 Å². The lowest BCUT2D eigenvalue weighted by molar-refractivity contribution is 0.0654. The van der Waals surface area contributed by atoms with Gasteiger partial charge in [0, 0.05) is 49.2 Å². The largest absolute Gasteiger partial charge is 0.370 e. The van der Waals surface area contributed by atoms with Gasteiger partial charge in [0.25, 0.3) is 0 Å². The van der Waals surface area contributed by atoms with Crippen molar-refractivity contribution in [3.05, 3.63) is 41.5 Å². The minimum absolute atomic E-state index is 0.278. The lowest BCUT2D eigenvalue weighted by Gasteiger charge is -2.44. The van der Waals surface area contributed by atoms with Crippen molar-refractivity contribution in [1.82, 2.24) is 4.90 Å². The number of rotatable bonds is 4. The number of benzene rings is 2. The fraction of sp³-hybridized carbons (Fsp3) is 0.542. The molecule has 27 heavy (non-hydrogen) atoms. The first-order valence-corrected chi connectivity index (χ1v) is 10.7. The second kappa shape index (κ2) is 6.63. The molecule has 142 valence electrons. The smallest absolute Gasteiger partial charge is 0.167 e. The van der Waals surface area contributed by atoms with Gasteiger partial charge in [-0.15, -0.1) is 0 Å². The molecular formula is C24H30N2O. The fourth-order valence-electron chi connectivity index (χ4n) is 5.53. The lowest BCUT2D eigenvalue weighted by Crippen LogP contribution is -2.43. The highest BCUT2D eigenvalue weighted by atomic mass is 16.1. The van der Waals surface area contributed by atoms with E-state index in [-0.39, 0.29) is 5.78 Å². The number of hydrogen-bond donors (Lipinski definition) is 0. The van der Waals surface area contributed by atoms with Crippen LogP contribution in [0, 0.1) is 5.41 Å². The molecule has 1 aliphatic heterocycles. The zero-order valence-corrected chi connectivity index (χ0v) is 16.5. The topological polar surface area (TPSA) is 23.6 Å². The first kappa shape index (κ1) is 17.2. The van der Waals surface area contributed by atoms with Crippen molar-refractivity contribution in [3.63, 3.8) is 0 Å². The van der Waals surface area contributed by atoms with Gasteiger partial charge in [-0.25, -0.2) is 0 Å². The number of anilines is 1. The molecule has 0 aromatic heterocycles. The summed E-state index contributed by atoms with van der Waals surface area (Å²) in [6.07, 6.45) is 7.40. The Morgan fingerprint density at radius 3 is 2.67 bits per heavy atom. The maximum Gasteiger partial charge on any atom is 0.167 e. The van der Waals surface area contributed by atoms with Crippen LogP contribution in [0.4, 0.5) is 5.69 Å². The predicted molar refractivity (Wildman–Crippen MR) is 112 cm³/mol. The summed E-state index contributed by atoms with van der Waals surface area (Å²) in [5, 5.41) is 2.48. The molecule has 2 fully saturated rings. The minimum Gasteiger partial charge on any atom is -0.370 e.